The van der Waals surface area contributed by atoms with Gasteiger partial charge in [-0.25, -0.2) is 0 Å². The lowest BCUT2D eigenvalue weighted by Crippen LogP contribution is -2.19. The van der Waals surface area contributed by atoms with Gasteiger partial charge in [-0.2, -0.15) is 0 Å². The lowest BCUT2D eigenvalue weighted by molar-refractivity contribution is 0.584. The molecule has 1 unspecified atom stereocenters. The molecule has 0 spiro atoms. The van der Waals surface area contributed by atoms with Crippen molar-refractivity contribution in [1.82, 2.24) is 5.32 Å². The molecule has 2 aromatic rings. The zero-order valence-electron chi connectivity index (χ0n) is 11.8. The first-order chi connectivity index (χ1) is 9.79. The second kappa shape index (κ2) is 5.53. The molecule has 1 atom stereocenters. The van der Waals surface area contributed by atoms with Gasteiger partial charge in [-0.15, -0.1) is 12.3 Å². The maximum atomic E-state index is 5.29. The smallest absolute Gasteiger partial charge is 0.0292 e. The van der Waals surface area contributed by atoms with Crippen molar-refractivity contribution >= 4 is 0 Å². The number of benzene rings is 2. The van der Waals surface area contributed by atoms with Crippen molar-refractivity contribution in [3.63, 3.8) is 0 Å². The average molecular weight is 261 g/mol. The van der Waals surface area contributed by atoms with Crippen LogP contribution in [-0.2, 0) is 6.42 Å². The van der Waals surface area contributed by atoms with E-state index in [1.165, 1.54) is 27.8 Å². The molecule has 0 fully saturated rings. The van der Waals surface area contributed by atoms with Crippen molar-refractivity contribution in [3.8, 4) is 23.5 Å². The molecule has 1 heteroatoms. The van der Waals surface area contributed by atoms with Gasteiger partial charge in [0.2, 0.25) is 0 Å². The molecule has 1 aliphatic carbocycles. The highest BCUT2D eigenvalue weighted by Crippen LogP contribution is 2.37. The predicted octanol–water partition coefficient (Wildman–Crippen LogP) is 3.93. The van der Waals surface area contributed by atoms with Crippen LogP contribution in [0.25, 0.3) is 11.1 Å². The predicted molar refractivity (Wildman–Crippen MR) is 84.6 cm³/mol. The van der Waals surface area contributed by atoms with Crippen molar-refractivity contribution in [2.75, 3.05) is 6.54 Å². The zero-order valence-corrected chi connectivity index (χ0v) is 11.8. The molecule has 0 saturated heterocycles. The Kier molecular flexibility index (Phi) is 3.58. The van der Waals surface area contributed by atoms with Crippen molar-refractivity contribution in [3.05, 3.63) is 59.2 Å². The molecule has 0 amide bonds. The van der Waals surface area contributed by atoms with E-state index in [2.05, 4.69) is 60.6 Å². The van der Waals surface area contributed by atoms with E-state index in [4.69, 9.17) is 6.42 Å². The lowest BCUT2D eigenvalue weighted by atomic mass is 10.0. The molecule has 0 radical (unpaired) electrons. The van der Waals surface area contributed by atoms with Gasteiger partial charge in [0.1, 0.15) is 0 Å². The van der Waals surface area contributed by atoms with E-state index < -0.39 is 0 Å². The third kappa shape index (κ3) is 2.35. The minimum atomic E-state index is 0.345. The van der Waals surface area contributed by atoms with Gasteiger partial charge in [0.25, 0.3) is 0 Å². The van der Waals surface area contributed by atoms with Crippen molar-refractivity contribution in [1.29, 1.82) is 0 Å². The van der Waals surface area contributed by atoms with Gasteiger partial charge < -0.3 is 5.32 Å². The molecule has 1 aliphatic rings. The molecule has 100 valence electrons. The van der Waals surface area contributed by atoms with Crippen LogP contribution in [0.2, 0.25) is 0 Å². The lowest BCUT2D eigenvalue weighted by Gasteiger charge is -2.14. The highest BCUT2D eigenvalue weighted by molar-refractivity contribution is 5.76. The summed E-state index contributed by atoms with van der Waals surface area (Å²) in [4.78, 5) is 0. The Labute approximate surface area is 121 Å². The van der Waals surface area contributed by atoms with Crippen LogP contribution in [0.5, 0.6) is 0 Å². The van der Waals surface area contributed by atoms with Crippen LogP contribution in [0.15, 0.2) is 42.5 Å². The molecule has 1 nitrogen and oxygen atoms in total. The monoisotopic (exact) mass is 261 g/mol. The zero-order chi connectivity index (χ0) is 13.9. The van der Waals surface area contributed by atoms with Gasteiger partial charge in [0.05, 0.1) is 0 Å². The van der Waals surface area contributed by atoms with Crippen LogP contribution in [0, 0.1) is 12.3 Å². The first kappa shape index (κ1) is 13.0. The summed E-state index contributed by atoms with van der Waals surface area (Å²) in [6, 6.07) is 15.9. The largest absolute Gasteiger partial charge is 0.309 e. The van der Waals surface area contributed by atoms with Crippen LogP contribution in [-0.4, -0.2) is 6.54 Å². The summed E-state index contributed by atoms with van der Waals surface area (Å²) in [6.07, 6.45) is 7.12. The Bertz CT molecular complexity index is 664. The summed E-state index contributed by atoms with van der Waals surface area (Å²) in [5.74, 6) is 2.67. The van der Waals surface area contributed by atoms with E-state index in [-0.39, 0.29) is 0 Å². The van der Waals surface area contributed by atoms with Gasteiger partial charge in [-0.1, -0.05) is 42.5 Å². The summed E-state index contributed by atoms with van der Waals surface area (Å²) < 4.78 is 0. The summed E-state index contributed by atoms with van der Waals surface area (Å²) >= 11 is 0. The minimum Gasteiger partial charge on any atom is -0.309 e. The van der Waals surface area contributed by atoms with E-state index >= 15 is 0 Å². The number of terminal acetylenes is 1. The summed E-state index contributed by atoms with van der Waals surface area (Å²) in [5.41, 5.74) is 7.00. The number of fused-ring (bicyclic) bond motifs is 3. The quantitative estimate of drug-likeness (QED) is 0.554. The topological polar surface area (TPSA) is 12.0 Å². The molecule has 0 heterocycles. The third-order valence-electron chi connectivity index (χ3n) is 4.04. The van der Waals surface area contributed by atoms with Crippen molar-refractivity contribution in [2.45, 2.75) is 25.8 Å². The Morgan fingerprint density at radius 3 is 2.80 bits per heavy atom. The van der Waals surface area contributed by atoms with E-state index in [1.807, 2.05) is 0 Å². The standard InChI is InChI=1S/C19H19N/c1-3-4-11-20-14(2)15-9-10-19-17(12-15)13-16-7-5-6-8-18(16)19/h1,5-10,12,14,20H,4,11,13H2,2H3. The average Bonchev–Trinajstić information content (AvgIpc) is 2.85. The molecule has 3 rings (SSSR count). The van der Waals surface area contributed by atoms with Crippen LogP contribution in [0.3, 0.4) is 0 Å². The second-order valence-corrected chi connectivity index (χ2v) is 5.38. The molecule has 0 aromatic heterocycles. The van der Waals surface area contributed by atoms with Crippen LogP contribution >= 0.6 is 0 Å². The number of hydrogen-bond acceptors (Lipinski definition) is 1. The van der Waals surface area contributed by atoms with Gasteiger partial charge in [-0.05, 0) is 41.2 Å². The highest BCUT2D eigenvalue weighted by Gasteiger charge is 2.18. The first-order valence-electron chi connectivity index (χ1n) is 7.17. The van der Waals surface area contributed by atoms with E-state index in [0.29, 0.717) is 6.04 Å². The number of rotatable bonds is 4. The minimum absolute atomic E-state index is 0.345. The Balaban J connectivity index is 1.82. The van der Waals surface area contributed by atoms with Crippen molar-refractivity contribution < 1.29 is 0 Å². The molecular formula is C19H19N. The Hall–Kier alpha value is -2.04. The number of hydrogen-bond donors (Lipinski definition) is 1. The van der Waals surface area contributed by atoms with E-state index in [1.54, 1.807) is 0 Å². The maximum Gasteiger partial charge on any atom is 0.0292 e. The van der Waals surface area contributed by atoms with Gasteiger partial charge in [0, 0.05) is 19.0 Å². The number of nitrogens with one attached hydrogen (secondary N) is 1. The summed E-state index contributed by atoms with van der Waals surface area (Å²) in [5, 5.41) is 3.47. The second-order valence-electron chi connectivity index (χ2n) is 5.38. The maximum absolute atomic E-state index is 5.29. The molecular weight excluding hydrogens is 242 g/mol. The molecule has 1 N–H and O–H groups in total. The summed E-state index contributed by atoms with van der Waals surface area (Å²) in [7, 11) is 0. The van der Waals surface area contributed by atoms with Crippen LogP contribution in [0.1, 0.15) is 36.1 Å². The van der Waals surface area contributed by atoms with Crippen LogP contribution < -0.4 is 5.32 Å². The molecule has 20 heavy (non-hydrogen) atoms. The van der Waals surface area contributed by atoms with Gasteiger partial charge in [-0.3, -0.25) is 0 Å². The molecule has 0 bridgehead atoms. The SMILES string of the molecule is C#CCCNC(C)c1ccc2c(c1)Cc1ccccc1-2. The molecule has 0 aliphatic heterocycles. The van der Waals surface area contributed by atoms with E-state index in [0.717, 1.165) is 19.4 Å². The summed E-state index contributed by atoms with van der Waals surface area (Å²) in [6.45, 7) is 3.06. The van der Waals surface area contributed by atoms with Gasteiger partial charge >= 0.3 is 0 Å². The highest BCUT2D eigenvalue weighted by atomic mass is 14.9. The molecule has 0 saturated carbocycles. The van der Waals surface area contributed by atoms with E-state index in [9.17, 15) is 0 Å². The Morgan fingerprint density at radius 1 is 1.15 bits per heavy atom. The third-order valence-corrected chi connectivity index (χ3v) is 4.04. The van der Waals surface area contributed by atoms with Gasteiger partial charge in [0.15, 0.2) is 0 Å². The molecule has 2 aromatic carbocycles. The van der Waals surface area contributed by atoms with Crippen molar-refractivity contribution in [2.24, 2.45) is 0 Å². The Morgan fingerprint density at radius 2 is 1.95 bits per heavy atom. The fraction of sp³-hybridized carbons (Fsp3) is 0.263. The fourth-order valence-corrected chi connectivity index (χ4v) is 2.91. The van der Waals surface area contributed by atoms with Crippen LogP contribution in [0.4, 0.5) is 0 Å². The first-order valence-corrected chi connectivity index (χ1v) is 7.17. The normalized spacial score (nSPS) is 13.4. The fourth-order valence-electron chi connectivity index (χ4n) is 2.91.